The van der Waals surface area contributed by atoms with Gasteiger partial charge in [0.15, 0.2) is 17.3 Å². The molecule has 1 aromatic heterocycles. The molecule has 1 saturated carbocycles. The number of carbonyl (C=O) groups is 5. The topological polar surface area (TPSA) is 180 Å². The molecule has 3 heterocycles. The smallest absolute Gasteiger partial charge is 0.412 e. The number of halogens is 2. The van der Waals surface area contributed by atoms with Crippen LogP contribution in [0.15, 0.2) is 65.1 Å². The monoisotopic (exact) mass is 885 g/mol. The first-order valence-electron chi connectivity index (χ1n) is 20.7. The van der Waals surface area contributed by atoms with Crippen LogP contribution in [0.3, 0.4) is 0 Å². The fraction of sp³-hybridized carbons (Fsp3) is 0.391. The van der Waals surface area contributed by atoms with E-state index in [2.05, 4.69) is 0 Å². The summed E-state index contributed by atoms with van der Waals surface area (Å²) in [6.45, 7) is 1.92. The summed E-state index contributed by atoms with van der Waals surface area (Å²) in [5, 5.41) is 10.1. The minimum atomic E-state index is -1.40. The zero-order chi connectivity index (χ0) is 44.7. The van der Waals surface area contributed by atoms with Crippen LogP contribution >= 0.6 is 11.6 Å². The molecule has 0 bridgehead atoms. The van der Waals surface area contributed by atoms with Crippen LogP contribution in [0.2, 0.25) is 5.02 Å². The second-order valence-electron chi connectivity index (χ2n) is 16.1. The highest BCUT2D eigenvalue weighted by molar-refractivity contribution is 6.30. The summed E-state index contributed by atoms with van der Waals surface area (Å²) in [4.78, 5) is 81.6. The summed E-state index contributed by atoms with van der Waals surface area (Å²) in [7, 11) is 2.88. The van der Waals surface area contributed by atoms with Gasteiger partial charge in [0.2, 0.25) is 12.2 Å². The molecule has 3 fully saturated rings. The van der Waals surface area contributed by atoms with Crippen LogP contribution in [0.4, 0.5) is 14.9 Å². The van der Waals surface area contributed by atoms with Crippen LogP contribution in [-0.2, 0) is 23.8 Å². The van der Waals surface area contributed by atoms with E-state index in [-0.39, 0.29) is 72.2 Å². The molecule has 0 spiro atoms. The number of carboxylic acid groups (broad SMARTS) is 1. The molecule has 3 aromatic carbocycles. The molecular weight excluding hydrogens is 841 g/mol. The number of carboxylic acids is 1. The molecule has 0 radical (unpaired) electrons. The van der Waals surface area contributed by atoms with E-state index in [4.69, 9.17) is 35.3 Å². The lowest BCUT2D eigenvalue weighted by atomic mass is 9.88. The Morgan fingerprint density at radius 3 is 2.40 bits per heavy atom. The average molecular weight is 886 g/mol. The van der Waals surface area contributed by atoms with Gasteiger partial charge in [-0.25, -0.2) is 18.8 Å². The third kappa shape index (κ3) is 8.31. The molecule has 63 heavy (non-hydrogen) atoms. The molecule has 4 aromatic rings. The Hall–Kier alpha value is -6.42. The van der Waals surface area contributed by atoms with Gasteiger partial charge in [-0.05, 0) is 104 Å². The standard InChI is InChI=1S/C46H45ClFN3O12/c1-24-37(41(53)25-8-10-27(47)11-9-25)30-15-14-29(59-2)18-31(30)38(24)45(57)61-17-5-7-36(52)62-23-63-46(58)50-16-4-6-26-20-49(22-35(26)50)40-34(48)19-32-39(43(40)60-3)51(28-12-13-28)21-33(42(32)54)44(55)56/h8-11,14-15,18-19,21,26,28,35,37H,4-7,12-13,16-17,20,22-23H2,1-3H3,(H,55,56). The molecule has 3 unspecified atom stereocenters. The summed E-state index contributed by atoms with van der Waals surface area (Å²) >= 11 is 6.04. The molecule has 1 N–H and O–H groups in total. The van der Waals surface area contributed by atoms with E-state index in [9.17, 15) is 33.9 Å². The largest absolute Gasteiger partial charge is 0.497 e. The summed E-state index contributed by atoms with van der Waals surface area (Å²) in [6.07, 6.45) is 3.53. The first kappa shape index (κ1) is 43.2. The molecule has 2 saturated heterocycles. The summed E-state index contributed by atoms with van der Waals surface area (Å²) in [5.74, 6) is -3.84. The van der Waals surface area contributed by atoms with Crippen molar-refractivity contribution in [3.05, 3.63) is 104 Å². The third-order valence-electron chi connectivity index (χ3n) is 12.3. The quantitative estimate of drug-likeness (QED) is 0.0584. The minimum absolute atomic E-state index is 0.0504. The first-order chi connectivity index (χ1) is 30.3. The van der Waals surface area contributed by atoms with Crippen LogP contribution in [0.5, 0.6) is 11.5 Å². The number of hydrogen-bond donors (Lipinski definition) is 1. The number of aromatic nitrogens is 1. The number of fused-ring (bicyclic) bond motifs is 3. The predicted molar refractivity (Wildman–Crippen MR) is 227 cm³/mol. The van der Waals surface area contributed by atoms with Gasteiger partial charge in [-0.3, -0.25) is 14.4 Å². The van der Waals surface area contributed by atoms with Gasteiger partial charge in [0.05, 0.1) is 49.3 Å². The Bertz CT molecular complexity index is 2620. The van der Waals surface area contributed by atoms with Crippen molar-refractivity contribution in [1.29, 1.82) is 0 Å². The number of ether oxygens (including phenoxy) is 5. The van der Waals surface area contributed by atoms with Crippen molar-refractivity contribution in [1.82, 2.24) is 9.47 Å². The zero-order valence-electron chi connectivity index (χ0n) is 34.8. The Labute approximate surface area is 365 Å². The van der Waals surface area contributed by atoms with Gasteiger partial charge in [-0.1, -0.05) is 17.7 Å². The molecule has 1 amide bonds. The van der Waals surface area contributed by atoms with Crippen molar-refractivity contribution in [3.8, 4) is 11.5 Å². The van der Waals surface area contributed by atoms with E-state index in [0.29, 0.717) is 58.1 Å². The van der Waals surface area contributed by atoms with Gasteiger partial charge < -0.3 is 43.2 Å². The normalized spacial score (nSPS) is 19.1. The van der Waals surface area contributed by atoms with Crippen molar-refractivity contribution in [2.75, 3.05) is 52.2 Å². The number of Topliss-reactive ketones (excluding diaryl/α,β-unsaturated/α-hetero) is 1. The highest BCUT2D eigenvalue weighted by atomic mass is 35.5. The van der Waals surface area contributed by atoms with Gasteiger partial charge in [-0.2, -0.15) is 0 Å². The number of hydrogen-bond acceptors (Lipinski definition) is 12. The number of amides is 1. The van der Waals surface area contributed by atoms with E-state index in [1.165, 1.54) is 20.4 Å². The molecule has 2 aliphatic carbocycles. The number of likely N-dealkylation sites (tertiary alicyclic amines) is 1. The summed E-state index contributed by atoms with van der Waals surface area (Å²) in [5.41, 5.74) is 1.57. The number of piperidine rings is 1. The van der Waals surface area contributed by atoms with E-state index in [1.54, 1.807) is 63.8 Å². The van der Waals surface area contributed by atoms with Gasteiger partial charge in [-0.15, -0.1) is 0 Å². The van der Waals surface area contributed by atoms with E-state index >= 15 is 4.39 Å². The number of rotatable bonds is 14. The maximum atomic E-state index is 16.1. The molecule has 17 heteroatoms. The van der Waals surface area contributed by atoms with Gasteiger partial charge in [0.25, 0.3) is 0 Å². The van der Waals surface area contributed by atoms with Crippen LogP contribution in [0.25, 0.3) is 16.5 Å². The number of pyridine rings is 1. The molecule has 2 aliphatic heterocycles. The zero-order valence-corrected chi connectivity index (χ0v) is 35.6. The second kappa shape index (κ2) is 17.8. The van der Waals surface area contributed by atoms with Crippen LogP contribution in [0.1, 0.15) is 89.3 Å². The van der Waals surface area contributed by atoms with E-state index < -0.39 is 53.5 Å². The van der Waals surface area contributed by atoms with E-state index in [1.807, 2.05) is 0 Å². The van der Waals surface area contributed by atoms with Crippen LogP contribution in [-0.4, -0.2) is 97.7 Å². The molecule has 4 aliphatic rings. The fourth-order valence-corrected chi connectivity index (χ4v) is 9.30. The number of methoxy groups -OCH3 is 2. The average Bonchev–Trinajstić information content (AvgIpc) is 3.95. The van der Waals surface area contributed by atoms with Crippen molar-refractivity contribution >= 4 is 63.5 Å². The second-order valence-corrected chi connectivity index (χ2v) is 16.6. The van der Waals surface area contributed by atoms with Crippen LogP contribution < -0.4 is 19.8 Å². The Morgan fingerprint density at radius 1 is 0.937 bits per heavy atom. The highest BCUT2D eigenvalue weighted by Gasteiger charge is 2.44. The molecule has 3 atom stereocenters. The lowest BCUT2D eigenvalue weighted by molar-refractivity contribution is -0.153. The lowest BCUT2D eigenvalue weighted by Gasteiger charge is -2.35. The van der Waals surface area contributed by atoms with Crippen molar-refractivity contribution in [2.45, 2.75) is 63.5 Å². The molecular formula is C46H45ClFN3O12. The highest BCUT2D eigenvalue weighted by Crippen LogP contribution is 2.47. The minimum Gasteiger partial charge on any atom is -0.497 e. The maximum absolute atomic E-state index is 16.1. The third-order valence-corrected chi connectivity index (χ3v) is 12.6. The van der Waals surface area contributed by atoms with Crippen molar-refractivity contribution in [3.63, 3.8) is 0 Å². The Morgan fingerprint density at radius 2 is 1.70 bits per heavy atom. The first-order valence-corrected chi connectivity index (χ1v) is 21.1. The number of carbonyl (C=O) groups excluding carboxylic acids is 4. The number of ketones is 1. The fourth-order valence-electron chi connectivity index (χ4n) is 9.18. The summed E-state index contributed by atoms with van der Waals surface area (Å²) < 4.78 is 45.0. The van der Waals surface area contributed by atoms with E-state index in [0.717, 1.165) is 25.3 Å². The number of nitrogens with zero attached hydrogens (tertiary/aromatic N) is 3. The summed E-state index contributed by atoms with van der Waals surface area (Å²) in [6, 6.07) is 12.3. The van der Waals surface area contributed by atoms with Gasteiger partial charge >= 0.3 is 24.0 Å². The van der Waals surface area contributed by atoms with Gasteiger partial charge in [0.1, 0.15) is 17.0 Å². The number of aromatic carboxylic acids is 1. The number of esters is 2. The maximum Gasteiger partial charge on any atom is 0.412 e. The Kier molecular flexibility index (Phi) is 12.2. The number of anilines is 1. The lowest BCUT2D eigenvalue weighted by Crippen LogP contribution is -2.48. The molecule has 15 nitrogen and oxygen atoms in total. The Balaban J connectivity index is 0.857. The van der Waals surface area contributed by atoms with Crippen molar-refractivity contribution in [2.24, 2.45) is 5.92 Å². The van der Waals surface area contributed by atoms with Crippen molar-refractivity contribution < 1.29 is 57.2 Å². The van der Waals surface area contributed by atoms with Crippen LogP contribution in [0, 0.1) is 11.7 Å². The number of benzene rings is 3. The van der Waals surface area contributed by atoms with Gasteiger partial charge in [0, 0.05) is 48.9 Å². The molecule has 330 valence electrons. The SMILES string of the molecule is COc1ccc2c(c1)C(C(=O)OCCCC(=O)OCOC(=O)N1CCCC3CN(c4c(F)cc5c(=O)c(C(=O)O)cn(C6CC6)c5c4OC)CC31)=C(C)C2C(=O)c1ccc(Cl)cc1. The molecule has 8 rings (SSSR count). The predicted octanol–water partition coefficient (Wildman–Crippen LogP) is 7.16. The number of allylic oxidation sites excluding steroid dienone is 1.